The number of para-hydroxylation sites is 1. The average Bonchev–Trinajstić information content (AvgIpc) is 2.57. The fraction of sp³-hybridized carbons (Fsp3) is 0.312. The van der Waals surface area contributed by atoms with Crippen LogP contribution in [0.5, 0.6) is 0 Å². The van der Waals surface area contributed by atoms with E-state index < -0.39 is 0 Å². The molecule has 1 aliphatic rings. The van der Waals surface area contributed by atoms with E-state index in [0.29, 0.717) is 5.95 Å². The summed E-state index contributed by atoms with van der Waals surface area (Å²) in [7, 11) is 0. The van der Waals surface area contributed by atoms with Gasteiger partial charge in [0.2, 0.25) is 11.9 Å². The number of nitrogens with one attached hydrogen (secondary N) is 1. The summed E-state index contributed by atoms with van der Waals surface area (Å²) in [6.07, 6.45) is 4.96. The van der Waals surface area contributed by atoms with Crippen molar-refractivity contribution in [2.75, 3.05) is 23.3 Å². The lowest BCUT2D eigenvalue weighted by Crippen LogP contribution is -2.38. The highest BCUT2D eigenvalue weighted by atomic mass is 16.2. The van der Waals surface area contributed by atoms with Crippen LogP contribution in [0.3, 0.4) is 0 Å². The van der Waals surface area contributed by atoms with Gasteiger partial charge in [-0.15, -0.1) is 0 Å². The topological polar surface area (TPSA) is 58.1 Å². The molecule has 0 spiro atoms. The highest BCUT2D eigenvalue weighted by Gasteiger charge is 2.25. The molecule has 1 N–H and O–H groups in total. The Labute approximate surface area is 124 Å². The van der Waals surface area contributed by atoms with E-state index in [-0.39, 0.29) is 11.8 Å². The second-order valence-corrected chi connectivity index (χ2v) is 5.16. The largest absolute Gasteiger partial charge is 0.371 e. The van der Waals surface area contributed by atoms with Crippen LogP contribution in [-0.2, 0) is 4.79 Å². The molecule has 1 aromatic carbocycles. The van der Waals surface area contributed by atoms with Crippen molar-refractivity contribution in [3.8, 4) is 0 Å². The van der Waals surface area contributed by atoms with Gasteiger partial charge >= 0.3 is 0 Å². The Kier molecular flexibility index (Phi) is 4.09. The zero-order chi connectivity index (χ0) is 14.5. The lowest BCUT2D eigenvalue weighted by atomic mass is 9.95. The van der Waals surface area contributed by atoms with E-state index in [2.05, 4.69) is 32.3 Å². The van der Waals surface area contributed by atoms with Crippen molar-refractivity contribution in [1.29, 1.82) is 0 Å². The fourth-order valence-electron chi connectivity index (χ4n) is 2.61. The molecule has 2 heterocycles. The Bertz CT molecular complexity index is 580. The zero-order valence-electron chi connectivity index (χ0n) is 11.8. The molecule has 0 aliphatic carbocycles. The first-order valence-electron chi connectivity index (χ1n) is 7.21. The first-order valence-corrected chi connectivity index (χ1v) is 7.21. The number of aromatic nitrogens is 2. The van der Waals surface area contributed by atoms with Crippen LogP contribution >= 0.6 is 0 Å². The van der Waals surface area contributed by atoms with Crippen LogP contribution in [0.15, 0.2) is 48.8 Å². The average molecular weight is 282 g/mol. The van der Waals surface area contributed by atoms with Gasteiger partial charge in [-0.05, 0) is 31.0 Å². The number of nitrogens with zero attached hydrogens (tertiary/aromatic N) is 3. The number of carbonyl (C=O) groups is 1. The Hall–Kier alpha value is -2.43. The van der Waals surface area contributed by atoms with Crippen LogP contribution in [0.1, 0.15) is 12.8 Å². The summed E-state index contributed by atoms with van der Waals surface area (Å²) in [4.78, 5) is 22.6. The van der Waals surface area contributed by atoms with Gasteiger partial charge in [0, 0.05) is 37.1 Å². The van der Waals surface area contributed by atoms with Crippen molar-refractivity contribution in [3.63, 3.8) is 0 Å². The quantitative estimate of drug-likeness (QED) is 0.938. The molecule has 108 valence electrons. The van der Waals surface area contributed by atoms with E-state index in [4.69, 9.17) is 0 Å². The summed E-state index contributed by atoms with van der Waals surface area (Å²) in [5.41, 5.74) is 1.22. The molecule has 1 aromatic heterocycles. The van der Waals surface area contributed by atoms with Gasteiger partial charge in [0.25, 0.3) is 0 Å². The zero-order valence-corrected chi connectivity index (χ0v) is 11.8. The van der Waals surface area contributed by atoms with E-state index in [1.807, 2.05) is 18.2 Å². The highest BCUT2D eigenvalue weighted by molar-refractivity contribution is 5.91. The summed E-state index contributed by atoms with van der Waals surface area (Å²) in [6.45, 7) is 1.80. The molecule has 3 rings (SSSR count). The van der Waals surface area contributed by atoms with Crippen molar-refractivity contribution in [2.45, 2.75) is 12.8 Å². The lowest BCUT2D eigenvalue weighted by molar-refractivity contribution is -0.120. The number of carbonyl (C=O) groups excluding carboxylic acids is 1. The highest BCUT2D eigenvalue weighted by Crippen LogP contribution is 2.23. The summed E-state index contributed by atoms with van der Waals surface area (Å²) < 4.78 is 0. The molecule has 2 aromatic rings. The molecule has 0 atom stereocenters. The summed E-state index contributed by atoms with van der Waals surface area (Å²) in [5.74, 6) is 0.440. The van der Waals surface area contributed by atoms with E-state index in [1.165, 1.54) is 5.69 Å². The maximum absolute atomic E-state index is 12.2. The molecule has 0 saturated carbocycles. The third-order valence-corrected chi connectivity index (χ3v) is 3.79. The van der Waals surface area contributed by atoms with Gasteiger partial charge in [-0.1, -0.05) is 18.2 Å². The predicted octanol–water partition coefficient (Wildman–Crippen LogP) is 2.33. The van der Waals surface area contributed by atoms with E-state index in [1.54, 1.807) is 18.5 Å². The molecule has 21 heavy (non-hydrogen) atoms. The molecule has 0 unspecified atom stereocenters. The van der Waals surface area contributed by atoms with E-state index in [9.17, 15) is 4.79 Å². The number of hydrogen-bond donors (Lipinski definition) is 1. The molecular weight excluding hydrogens is 264 g/mol. The number of hydrogen-bond acceptors (Lipinski definition) is 4. The number of rotatable bonds is 3. The van der Waals surface area contributed by atoms with Crippen LogP contribution in [0.2, 0.25) is 0 Å². The van der Waals surface area contributed by atoms with Gasteiger partial charge in [-0.3, -0.25) is 10.1 Å². The minimum atomic E-state index is 0.0221. The maximum Gasteiger partial charge on any atom is 0.229 e. The monoisotopic (exact) mass is 282 g/mol. The number of benzene rings is 1. The van der Waals surface area contributed by atoms with Crippen molar-refractivity contribution >= 4 is 17.5 Å². The second-order valence-electron chi connectivity index (χ2n) is 5.16. The van der Waals surface area contributed by atoms with Gasteiger partial charge in [0.05, 0.1) is 0 Å². The first-order chi connectivity index (χ1) is 10.3. The Morgan fingerprint density at radius 3 is 2.38 bits per heavy atom. The second kappa shape index (κ2) is 6.35. The number of anilines is 2. The third-order valence-electron chi connectivity index (χ3n) is 3.79. The van der Waals surface area contributed by atoms with Crippen LogP contribution in [0.25, 0.3) is 0 Å². The summed E-state index contributed by atoms with van der Waals surface area (Å²) in [6, 6.07) is 12.1. The van der Waals surface area contributed by atoms with Gasteiger partial charge in [0.1, 0.15) is 0 Å². The summed E-state index contributed by atoms with van der Waals surface area (Å²) in [5, 5.41) is 2.79. The predicted molar refractivity (Wildman–Crippen MR) is 82.0 cm³/mol. The minimum absolute atomic E-state index is 0.0221. The number of amides is 1. The SMILES string of the molecule is O=C(Nc1ncccn1)C1CCN(c2ccccc2)CC1. The number of piperidine rings is 1. The van der Waals surface area contributed by atoms with Gasteiger partial charge in [0.15, 0.2) is 0 Å². The van der Waals surface area contributed by atoms with Crippen molar-refractivity contribution < 1.29 is 4.79 Å². The van der Waals surface area contributed by atoms with E-state index in [0.717, 1.165) is 25.9 Å². The molecule has 5 heteroatoms. The normalized spacial score (nSPS) is 15.7. The molecule has 5 nitrogen and oxygen atoms in total. The summed E-state index contributed by atoms with van der Waals surface area (Å²) >= 11 is 0. The lowest BCUT2D eigenvalue weighted by Gasteiger charge is -2.32. The Morgan fingerprint density at radius 1 is 1.05 bits per heavy atom. The fourth-order valence-corrected chi connectivity index (χ4v) is 2.61. The smallest absolute Gasteiger partial charge is 0.229 e. The standard InChI is InChI=1S/C16H18N4O/c21-15(19-16-17-9-4-10-18-16)13-7-11-20(12-8-13)14-5-2-1-3-6-14/h1-6,9-10,13H,7-8,11-12H2,(H,17,18,19,21). The maximum atomic E-state index is 12.2. The molecule has 1 aliphatic heterocycles. The molecule has 1 fully saturated rings. The molecular formula is C16H18N4O. The molecule has 0 bridgehead atoms. The minimum Gasteiger partial charge on any atom is -0.371 e. The van der Waals surface area contributed by atoms with Crippen LogP contribution in [0.4, 0.5) is 11.6 Å². The Morgan fingerprint density at radius 2 is 1.71 bits per heavy atom. The van der Waals surface area contributed by atoms with Gasteiger partial charge in [-0.25, -0.2) is 9.97 Å². The van der Waals surface area contributed by atoms with Crippen molar-refractivity contribution in [1.82, 2.24) is 9.97 Å². The molecule has 1 saturated heterocycles. The van der Waals surface area contributed by atoms with Gasteiger partial charge < -0.3 is 4.90 Å². The van der Waals surface area contributed by atoms with Crippen molar-refractivity contribution in [3.05, 3.63) is 48.8 Å². The Balaban J connectivity index is 1.55. The molecule has 0 radical (unpaired) electrons. The van der Waals surface area contributed by atoms with Crippen LogP contribution in [-0.4, -0.2) is 29.0 Å². The first kappa shape index (κ1) is 13.5. The molecule has 1 amide bonds. The van der Waals surface area contributed by atoms with Crippen LogP contribution in [0, 0.1) is 5.92 Å². The van der Waals surface area contributed by atoms with Gasteiger partial charge in [-0.2, -0.15) is 0 Å². The van der Waals surface area contributed by atoms with Crippen LogP contribution < -0.4 is 10.2 Å². The third kappa shape index (κ3) is 3.37. The van der Waals surface area contributed by atoms with E-state index >= 15 is 0 Å². The van der Waals surface area contributed by atoms with Crippen molar-refractivity contribution in [2.24, 2.45) is 5.92 Å².